The molecule has 2 aromatic heterocycles. The van der Waals surface area contributed by atoms with Crippen LogP contribution in [0.25, 0.3) is 10.9 Å². The van der Waals surface area contributed by atoms with Crippen LogP contribution in [0.2, 0.25) is 0 Å². The molecule has 1 amide bonds. The summed E-state index contributed by atoms with van der Waals surface area (Å²) in [6, 6.07) is 7.86. The number of amides is 1. The van der Waals surface area contributed by atoms with Gasteiger partial charge in [0.15, 0.2) is 5.13 Å². The first-order valence-corrected chi connectivity index (χ1v) is 6.80. The summed E-state index contributed by atoms with van der Waals surface area (Å²) < 4.78 is 1.96. The minimum Gasteiger partial charge on any atom is -0.350 e. The molecule has 4 nitrogen and oxygen atoms in total. The molecule has 0 atom stereocenters. The average Bonchev–Trinajstić information content (AvgIpc) is 2.95. The smallest absolute Gasteiger partial charge is 0.259 e. The molecule has 0 saturated carbocycles. The maximum absolute atomic E-state index is 12.3. The zero-order valence-electron chi connectivity index (χ0n) is 10.7. The van der Waals surface area contributed by atoms with Gasteiger partial charge >= 0.3 is 0 Å². The summed E-state index contributed by atoms with van der Waals surface area (Å²) in [6.07, 6.45) is 1.85. The van der Waals surface area contributed by atoms with Gasteiger partial charge in [-0.2, -0.15) is 0 Å². The maximum Gasteiger partial charge on any atom is 0.259 e. The summed E-state index contributed by atoms with van der Waals surface area (Å²) in [6.45, 7) is 1.91. The van der Waals surface area contributed by atoms with Gasteiger partial charge in [0.05, 0.1) is 11.3 Å². The molecule has 0 saturated heterocycles. The van der Waals surface area contributed by atoms with E-state index in [0.717, 1.165) is 16.6 Å². The third-order valence-electron chi connectivity index (χ3n) is 2.98. The zero-order chi connectivity index (χ0) is 13.4. The van der Waals surface area contributed by atoms with Gasteiger partial charge in [-0.05, 0) is 13.0 Å². The molecule has 96 valence electrons. The molecule has 0 aliphatic rings. The van der Waals surface area contributed by atoms with Crippen molar-refractivity contribution >= 4 is 33.3 Å². The molecular formula is C14H13N3OS. The van der Waals surface area contributed by atoms with Gasteiger partial charge in [0.1, 0.15) is 0 Å². The molecular weight excluding hydrogens is 258 g/mol. The van der Waals surface area contributed by atoms with Crippen molar-refractivity contribution < 1.29 is 4.79 Å². The maximum atomic E-state index is 12.3. The van der Waals surface area contributed by atoms with E-state index in [1.807, 2.05) is 54.4 Å². The number of hydrogen-bond acceptors (Lipinski definition) is 3. The minimum absolute atomic E-state index is 0.119. The van der Waals surface area contributed by atoms with Gasteiger partial charge in [0, 0.05) is 29.5 Å². The van der Waals surface area contributed by atoms with Crippen molar-refractivity contribution in [1.82, 2.24) is 9.55 Å². The largest absolute Gasteiger partial charge is 0.350 e. The molecule has 0 aliphatic carbocycles. The van der Waals surface area contributed by atoms with E-state index in [-0.39, 0.29) is 5.91 Å². The number of hydrogen-bond donors (Lipinski definition) is 1. The van der Waals surface area contributed by atoms with Gasteiger partial charge in [-0.3, -0.25) is 10.1 Å². The Bertz CT molecular complexity index is 757. The molecule has 1 N–H and O–H groups in total. The first-order valence-electron chi connectivity index (χ1n) is 5.92. The Morgan fingerprint density at radius 1 is 1.37 bits per heavy atom. The molecule has 19 heavy (non-hydrogen) atoms. The monoisotopic (exact) mass is 271 g/mol. The number of rotatable bonds is 2. The zero-order valence-corrected chi connectivity index (χ0v) is 11.5. The second-order valence-electron chi connectivity index (χ2n) is 4.42. The quantitative estimate of drug-likeness (QED) is 0.778. The standard InChI is InChI=1S/C14H13N3OS/c1-9-8-19-14(15-9)16-13(18)11-7-17(2)12-6-4-3-5-10(11)12/h3-8H,1-2H3,(H,15,16,18). The van der Waals surface area contributed by atoms with Crippen molar-refractivity contribution in [2.45, 2.75) is 6.92 Å². The number of nitrogens with zero attached hydrogens (tertiary/aromatic N) is 2. The number of benzene rings is 1. The topological polar surface area (TPSA) is 46.9 Å². The molecule has 0 fully saturated rings. The lowest BCUT2D eigenvalue weighted by Gasteiger charge is -1.99. The first kappa shape index (κ1) is 11.9. The van der Waals surface area contributed by atoms with Gasteiger partial charge in [-0.25, -0.2) is 4.98 Å². The van der Waals surface area contributed by atoms with E-state index in [9.17, 15) is 4.79 Å². The second-order valence-corrected chi connectivity index (χ2v) is 5.28. The SMILES string of the molecule is Cc1csc(NC(=O)c2cn(C)c3ccccc23)n1. The molecule has 3 rings (SSSR count). The Kier molecular flexibility index (Phi) is 2.83. The number of anilines is 1. The fourth-order valence-corrected chi connectivity index (χ4v) is 2.78. The molecule has 1 aromatic carbocycles. The number of thiazole rings is 1. The van der Waals surface area contributed by atoms with Crippen LogP contribution in [-0.2, 0) is 7.05 Å². The summed E-state index contributed by atoms with van der Waals surface area (Å²) in [5, 5.41) is 6.34. The lowest BCUT2D eigenvalue weighted by Crippen LogP contribution is -2.11. The highest BCUT2D eigenvalue weighted by atomic mass is 32.1. The fourth-order valence-electron chi connectivity index (χ4n) is 2.10. The van der Waals surface area contributed by atoms with Gasteiger partial charge in [-0.15, -0.1) is 11.3 Å². The van der Waals surface area contributed by atoms with Gasteiger partial charge in [0.2, 0.25) is 0 Å². The van der Waals surface area contributed by atoms with E-state index in [1.54, 1.807) is 0 Å². The number of carbonyl (C=O) groups excluding carboxylic acids is 1. The molecule has 3 aromatic rings. The number of aromatic nitrogens is 2. The summed E-state index contributed by atoms with van der Waals surface area (Å²) in [7, 11) is 1.94. The van der Waals surface area contributed by atoms with Crippen LogP contribution in [0.3, 0.4) is 0 Å². The number of para-hydroxylation sites is 1. The highest BCUT2D eigenvalue weighted by Crippen LogP contribution is 2.22. The van der Waals surface area contributed by atoms with Crippen molar-refractivity contribution in [2.75, 3.05) is 5.32 Å². The Hall–Kier alpha value is -2.14. The Labute approximate surface area is 114 Å². The molecule has 0 unspecified atom stereocenters. The van der Waals surface area contributed by atoms with Crippen LogP contribution in [0, 0.1) is 6.92 Å². The average molecular weight is 271 g/mol. The molecule has 0 aliphatic heterocycles. The fraction of sp³-hybridized carbons (Fsp3) is 0.143. The van der Waals surface area contributed by atoms with Crippen molar-refractivity contribution in [2.24, 2.45) is 7.05 Å². The third-order valence-corrected chi connectivity index (χ3v) is 3.86. The summed E-state index contributed by atoms with van der Waals surface area (Å²) in [4.78, 5) is 16.5. The molecule has 0 bridgehead atoms. The predicted molar refractivity (Wildman–Crippen MR) is 77.7 cm³/mol. The third kappa shape index (κ3) is 2.13. The van der Waals surface area contributed by atoms with Crippen LogP contribution in [0.5, 0.6) is 0 Å². The van der Waals surface area contributed by atoms with Crippen molar-refractivity contribution in [1.29, 1.82) is 0 Å². The Balaban J connectivity index is 1.98. The van der Waals surface area contributed by atoms with E-state index in [4.69, 9.17) is 0 Å². The van der Waals surface area contributed by atoms with Crippen LogP contribution in [0.4, 0.5) is 5.13 Å². The summed E-state index contributed by atoms with van der Waals surface area (Å²) in [5.74, 6) is -0.119. The van der Waals surface area contributed by atoms with Crippen LogP contribution in [0.1, 0.15) is 16.1 Å². The van der Waals surface area contributed by atoms with E-state index in [2.05, 4.69) is 10.3 Å². The number of nitrogens with one attached hydrogen (secondary N) is 1. The highest BCUT2D eigenvalue weighted by molar-refractivity contribution is 7.13. The second kappa shape index (κ2) is 4.51. The molecule has 2 heterocycles. The van der Waals surface area contributed by atoms with Crippen LogP contribution < -0.4 is 5.32 Å². The van der Waals surface area contributed by atoms with Crippen molar-refractivity contribution in [3.63, 3.8) is 0 Å². The van der Waals surface area contributed by atoms with Crippen molar-refractivity contribution in [3.05, 3.63) is 47.1 Å². The minimum atomic E-state index is -0.119. The van der Waals surface area contributed by atoms with E-state index < -0.39 is 0 Å². The molecule has 0 radical (unpaired) electrons. The first-order chi connectivity index (χ1) is 9.15. The number of fused-ring (bicyclic) bond motifs is 1. The van der Waals surface area contributed by atoms with Crippen LogP contribution in [0.15, 0.2) is 35.8 Å². The lowest BCUT2D eigenvalue weighted by molar-refractivity contribution is 0.102. The Morgan fingerprint density at radius 3 is 2.89 bits per heavy atom. The van der Waals surface area contributed by atoms with Gasteiger partial charge in [0.25, 0.3) is 5.91 Å². The van der Waals surface area contributed by atoms with Crippen LogP contribution >= 0.6 is 11.3 Å². The van der Waals surface area contributed by atoms with Crippen molar-refractivity contribution in [3.8, 4) is 0 Å². The van der Waals surface area contributed by atoms with E-state index in [0.29, 0.717) is 10.7 Å². The predicted octanol–water partition coefficient (Wildman–Crippen LogP) is 3.20. The van der Waals surface area contributed by atoms with E-state index in [1.165, 1.54) is 11.3 Å². The summed E-state index contributed by atoms with van der Waals surface area (Å²) >= 11 is 1.43. The van der Waals surface area contributed by atoms with E-state index >= 15 is 0 Å². The number of aryl methyl sites for hydroxylation is 2. The number of carbonyl (C=O) groups is 1. The highest BCUT2D eigenvalue weighted by Gasteiger charge is 2.14. The normalized spacial score (nSPS) is 10.8. The van der Waals surface area contributed by atoms with Gasteiger partial charge in [-0.1, -0.05) is 18.2 Å². The molecule has 0 spiro atoms. The van der Waals surface area contributed by atoms with Gasteiger partial charge < -0.3 is 4.57 Å². The summed E-state index contributed by atoms with van der Waals surface area (Å²) in [5.41, 5.74) is 2.63. The van der Waals surface area contributed by atoms with Crippen LogP contribution in [-0.4, -0.2) is 15.5 Å². The lowest BCUT2D eigenvalue weighted by atomic mass is 10.1. The molecule has 5 heteroatoms. The Morgan fingerprint density at radius 2 is 2.16 bits per heavy atom.